The molecule has 1 amide bonds. The number of para-hydroxylation sites is 2. The van der Waals surface area contributed by atoms with Crippen LogP contribution in [0.25, 0.3) is 0 Å². The smallest absolute Gasteiger partial charge is 0.280 e. The number of anilines is 2. The van der Waals surface area contributed by atoms with E-state index >= 15 is 0 Å². The maximum Gasteiger partial charge on any atom is 0.280 e. The molecule has 3 heterocycles. The number of hydrogen-bond acceptors (Lipinski definition) is 5. The molecule has 2 aliphatic heterocycles. The number of likely N-dealkylation sites (N-methyl/N-ethyl adjacent to an activating group) is 1. The van der Waals surface area contributed by atoms with E-state index < -0.39 is 0 Å². The van der Waals surface area contributed by atoms with Gasteiger partial charge in [0, 0.05) is 20.1 Å². The van der Waals surface area contributed by atoms with Crippen LogP contribution in [-0.2, 0) is 0 Å². The minimum Gasteiger partial charge on any atom is -0.371 e. The zero-order valence-corrected chi connectivity index (χ0v) is 14.8. The van der Waals surface area contributed by atoms with E-state index in [1.165, 1.54) is 0 Å². The first-order chi connectivity index (χ1) is 12.2. The van der Waals surface area contributed by atoms with Crippen LogP contribution < -0.4 is 15.1 Å². The number of piperidine rings is 1. The van der Waals surface area contributed by atoms with Crippen LogP contribution in [0.5, 0.6) is 0 Å². The van der Waals surface area contributed by atoms with Gasteiger partial charge in [-0.2, -0.15) is 0 Å². The van der Waals surface area contributed by atoms with E-state index in [0.29, 0.717) is 18.3 Å². The fraction of sp³-hybridized carbons (Fsp3) is 0.500. The molecule has 0 unspecified atom stereocenters. The molecule has 0 atom stereocenters. The Morgan fingerprint density at radius 1 is 1.16 bits per heavy atom. The van der Waals surface area contributed by atoms with Crippen molar-refractivity contribution >= 4 is 17.3 Å². The number of carbonyl (C=O) groups excluding carboxylic acids is 1. The molecule has 1 saturated heterocycles. The summed E-state index contributed by atoms with van der Waals surface area (Å²) >= 11 is 0. The highest BCUT2D eigenvalue weighted by Gasteiger charge is 2.30. The molecule has 0 aliphatic carbocycles. The third kappa shape index (κ3) is 2.78. The van der Waals surface area contributed by atoms with E-state index in [0.717, 1.165) is 49.5 Å². The molecule has 0 spiro atoms. The Morgan fingerprint density at radius 2 is 1.88 bits per heavy atom. The molecule has 1 N–H and O–H groups in total. The van der Waals surface area contributed by atoms with E-state index in [4.69, 9.17) is 0 Å². The zero-order chi connectivity index (χ0) is 17.4. The molecule has 7 nitrogen and oxygen atoms in total. The Labute approximate surface area is 147 Å². The van der Waals surface area contributed by atoms with Gasteiger partial charge in [-0.05, 0) is 45.0 Å². The molecule has 0 radical (unpaired) electrons. The summed E-state index contributed by atoms with van der Waals surface area (Å²) in [7, 11) is 2.05. The van der Waals surface area contributed by atoms with Crippen molar-refractivity contribution in [3.05, 3.63) is 35.7 Å². The van der Waals surface area contributed by atoms with Gasteiger partial charge in [0.25, 0.3) is 5.91 Å². The second-order valence-corrected chi connectivity index (χ2v) is 6.82. The number of carbonyl (C=O) groups is 1. The second-order valence-electron chi connectivity index (χ2n) is 6.82. The molecule has 2 aliphatic rings. The maximum atomic E-state index is 13.2. The second kappa shape index (κ2) is 6.48. The Hall–Kier alpha value is -2.41. The normalized spacial score (nSPS) is 18.3. The van der Waals surface area contributed by atoms with Gasteiger partial charge in [0.05, 0.1) is 23.1 Å². The first kappa shape index (κ1) is 16.1. The number of fused-ring (bicyclic) bond motifs is 1. The van der Waals surface area contributed by atoms with Gasteiger partial charge in [0.15, 0.2) is 5.69 Å². The highest BCUT2D eigenvalue weighted by atomic mass is 16.2. The van der Waals surface area contributed by atoms with Crippen molar-refractivity contribution in [3.8, 4) is 0 Å². The topological polar surface area (TPSA) is 66.3 Å². The van der Waals surface area contributed by atoms with E-state index in [1.54, 1.807) is 0 Å². The lowest BCUT2D eigenvalue weighted by Crippen LogP contribution is -2.43. The van der Waals surface area contributed by atoms with Crippen molar-refractivity contribution < 1.29 is 4.79 Å². The van der Waals surface area contributed by atoms with Crippen LogP contribution in [0.4, 0.5) is 11.4 Å². The summed E-state index contributed by atoms with van der Waals surface area (Å²) in [6, 6.07) is 8.34. The van der Waals surface area contributed by atoms with Crippen molar-refractivity contribution in [3.63, 3.8) is 0 Å². The van der Waals surface area contributed by atoms with Crippen LogP contribution in [0.1, 0.15) is 35.1 Å². The summed E-state index contributed by atoms with van der Waals surface area (Å²) in [4.78, 5) is 17.2. The van der Waals surface area contributed by atoms with Crippen LogP contribution in [0.3, 0.4) is 0 Å². The average Bonchev–Trinajstić information content (AvgIpc) is 3.04. The molecule has 0 saturated carbocycles. The van der Waals surface area contributed by atoms with E-state index in [9.17, 15) is 4.79 Å². The van der Waals surface area contributed by atoms with Crippen LogP contribution in [-0.4, -0.2) is 54.1 Å². The lowest BCUT2D eigenvalue weighted by molar-refractivity contribution is 0.0981. The number of aromatic nitrogens is 3. The Morgan fingerprint density at radius 3 is 2.64 bits per heavy atom. The number of hydrogen-bond donors (Lipinski definition) is 1. The quantitative estimate of drug-likeness (QED) is 0.900. The standard InChI is InChI=1S/C18H24N6O/c1-13-17(20-21-24(13)14-7-9-19-10-8-14)18(25)23-12-11-22(2)15-5-3-4-6-16(15)23/h3-6,14,19H,7-12H2,1-2H3. The van der Waals surface area contributed by atoms with E-state index in [-0.39, 0.29) is 5.91 Å². The van der Waals surface area contributed by atoms with Gasteiger partial charge in [0.1, 0.15) is 0 Å². The third-order valence-corrected chi connectivity index (χ3v) is 5.27. The number of nitrogens with zero attached hydrogens (tertiary/aromatic N) is 5. The summed E-state index contributed by atoms with van der Waals surface area (Å²) in [6.07, 6.45) is 2.05. The summed E-state index contributed by atoms with van der Waals surface area (Å²) in [5.74, 6) is -0.0572. The number of amides is 1. The van der Waals surface area contributed by atoms with E-state index in [2.05, 4.69) is 27.6 Å². The molecule has 1 fully saturated rings. The SMILES string of the molecule is Cc1c(C(=O)N2CCN(C)c3ccccc32)nnn1C1CCNCC1. The predicted octanol–water partition coefficient (Wildman–Crippen LogP) is 1.61. The molecular formula is C18H24N6O. The molecule has 7 heteroatoms. The number of nitrogens with one attached hydrogen (secondary N) is 1. The fourth-order valence-corrected chi connectivity index (χ4v) is 3.78. The van der Waals surface area contributed by atoms with Gasteiger partial charge in [-0.3, -0.25) is 4.79 Å². The highest BCUT2D eigenvalue weighted by molar-refractivity contribution is 6.07. The van der Waals surface area contributed by atoms with Crippen LogP contribution in [0.15, 0.2) is 24.3 Å². The maximum absolute atomic E-state index is 13.2. The predicted molar refractivity (Wildman–Crippen MR) is 97.3 cm³/mol. The lowest BCUT2D eigenvalue weighted by Gasteiger charge is -2.35. The molecule has 4 rings (SSSR count). The summed E-state index contributed by atoms with van der Waals surface area (Å²) in [5.41, 5.74) is 3.36. The summed E-state index contributed by atoms with van der Waals surface area (Å²) in [5, 5.41) is 11.9. The first-order valence-electron chi connectivity index (χ1n) is 8.91. The Balaban J connectivity index is 1.64. The highest BCUT2D eigenvalue weighted by Crippen LogP contribution is 2.33. The first-order valence-corrected chi connectivity index (χ1v) is 8.91. The number of rotatable bonds is 2. The minimum atomic E-state index is -0.0572. The van der Waals surface area contributed by atoms with Crippen molar-refractivity contribution in [2.24, 2.45) is 0 Å². The summed E-state index contributed by atoms with van der Waals surface area (Å²) in [6.45, 7) is 5.39. The molecule has 25 heavy (non-hydrogen) atoms. The van der Waals surface area contributed by atoms with Gasteiger partial charge in [-0.15, -0.1) is 5.10 Å². The van der Waals surface area contributed by atoms with Crippen molar-refractivity contribution in [1.29, 1.82) is 0 Å². The average molecular weight is 340 g/mol. The molecule has 0 bridgehead atoms. The van der Waals surface area contributed by atoms with Gasteiger partial charge in [-0.25, -0.2) is 4.68 Å². The monoisotopic (exact) mass is 340 g/mol. The van der Waals surface area contributed by atoms with Gasteiger partial charge >= 0.3 is 0 Å². The van der Waals surface area contributed by atoms with Crippen molar-refractivity contribution in [1.82, 2.24) is 20.3 Å². The van der Waals surface area contributed by atoms with Crippen molar-refractivity contribution in [2.45, 2.75) is 25.8 Å². The fourth-order valence-electron chi connectivity index (χ4n) is 3.78. The number of benzene rings is 1. The molecule has 1 aromatic heterocycles. The van der Waals surface area contributed by atoms with Gasteiger partial charge in [0.2, 0.25) is 0 Å². The van der Waals surface area contributed by atoms with Gasteiger partial charge in [-0.1, -0.05) is 17.3 Å². The Bertz CT molecular complexity index is 780. The van der Waals surface area contributed by atoms with E-state index in [1.807, 2.05) is 40.8 Å². The van der Waals surface area contributed by atoms with Crippen molar-refractivity contribution in [2.75, 3.05) is 43.0 Å². The molecular weight excluding hydrogens is 316 g/mol. The van der Waals surface area contributed by atoms with Crippen LogP contribution in [0.2, 0.25) is 0 Å². The van der Waals surface area contributed by atoms with Crippen LogP contribution >= 0.6 is 0 Å². The third-order valence-electron chi connectivity index (χ3n) is 5.27. The molecule has 1 aromatic carbocycles. The van der Waals surface area contributed by atoms with Crippen LogP contribution in [0, 0.1) is 6.92 Å². The zero-order valence-electron chi connectivity index (χ0n) is 14.8. The molecule has 2 aromatic rings. The largest absolute Gasteiger partial charge is 0.371 e. The van der Waals surface area contributed by atoms with Gasteiger partial charge < -0.3 is 15.1 Å². The molecule has 132 valence electrons. The minimum absolute atomic E-state index is 0.0572. The Kier molecular flexibility index (Phi) is 4.17. The lowest BCUT2D eigenvalue weighted by atomic mass is 10.1. The summed E-state index contributed by atoms with van der Waals surface area (Å²) < 4.78 is 1.94.